The molecular weight excluding hydrogens is 265 g/mol. The minimum Gasteiger partial charge on any atom is -0.287 e. The SMILES string of the molecule is Cc1cc(C(=O)c2cc(C)c3ccccc3n2)ccc1F. The lowest BCUT2D eigenvalue weighted by molar-refractivity contribution is 0.103. The van der Waals surface area contributed by atoms with E-state index in [4.69, 9.17) is 0 Å². The van der Waals surface area contributed by atoms with E-state index in [2.05, 4.69) is 4.98 Å². The molecule has 0 amide bonds. The average molecular weight is 279 g/mol. The van der Waals surface area contributed by atoms with Gasteiger partial charge in [0.25, 0.3) is 0 Å². The second-order valence-electron chi connectivity index (χ2n) is 5.13. The summed E-state index contributed by atoms with van der Waals surface area (Å²) in [7, 11) is 0. The van der Waals surface area contributed by atoms with Crippen molar-refractivity contribution in [2.24, 2.45) is 0 Å². The third-order valence-electron chi connectivity index (χ3n) is 3.58. The van der Waals surface area contributed by atoms with Gasteiger partial charge < -0.3 is 0 Å². The number of halogens is 1. The van der Waals surface area contributed by atoms with Gasteiger partial charge in [-0.05, 0) is 55.3 Å². The third kappa shape index (κ3) is 2.42. The molecule has 2 aromatic carbocycles. The van der Waals surface area contributed by atoms with Gasteiger partial charge in [-0.15, -0.1) is 0 Å². The topological polar surface area (TPSA) is 30.0 Å². The highest BCUT2D eigenvalue weighted by molar-refractivity contribution is 6.09. The molecule has 104 valence electrons. The molecule has 1 aromatic heterocycles. The van der Waals surface area contributed by atoms with Gasteiger partial charge in [0.15, 0.2) is 0 Å². The molecule has 3 aromatic rings. The number of benzene rings is 2. The summed E-state index contributed by atoms with van der Waals surface area (Å²) >= 11 is 0. The maximum absolute atomic E-state index is 13.3. The number of para-hydroxylation sites is 1. The first-order chi connectivity index (χ1) is 10.1. The van der Waals surface area contributed by atoms with Crippen LogP contribution in [-0.4, -0.2) is 10.8 Å². The number of fused-ring (bicyclic) bond motifs is 1. The molecule has 3 rings (SSSR count). The molecule has 0 spiro atoms. The molecular formula is C18H14FNO. The van der Waals surface area contributed by atoms with Crippen LogP contribution in [-0.2, 0) is 0 Å². The fraction of sp³-hybridized carbons (Fsp3) is 0.111. The lowest BCUT2D eigenvalue weighted by Crippen LogP contribution is -2.06. The number of pyridine rings is 1. The number of rotatable bonds is 2. The summed E-state index contributed by atoms with van der Waals surface area (Å²) in [5, 5.41) is 1.03. The Balaban J connectivity index is 2.11. The number of hydrogen-bond acceptors (Lipinski definition) is 2. The van der Waals surface area contributed by atoms with Crippen LogP contribution in [0.5, 0.6) is 0 Å². The largest absolute Gasteiger partial charge is 0.287 e. The van der Waals surface area contributed by atoms with Gasteiger partial charge in [0.1, 0.15) is 11.5 Å². The maximum Gasteiger partial charge on any atom is 0.211 e. The Kier molecular flexibility index (Phi) is 3.26. The van der Waals surface area contributed by atoms with Crippen molar-refractivity contribution in [2.45, 2.75) is 13.8 Å². The molecule has 0 fully saturated rings. The molecule has 0 aliphatic rings. The molecule has 0 unspecified atom stereocenters. The fourth-order valence-corrected chi connectivity index (χ4v) is 2.40. The molecule has 0 bridgehead atoms. The Labute approximate surface area is 122 Å². The molecule has 0 aliphatic heterocycles. The van der Waals surface area contributed by atoms with E-state index >= 15 is 0 Å². The van der Waals surface area contributed by atoms with Gasteiger partial charge in [0.2, 0.25) is 5.78 Å². The van der Waals surface area contributed by atoms with E-state index in [1.54, 1.807) is 19.1 Å². The van der Waals surface area contributed by atoms with E-state index in [0.717, 1.165) is 16.5 Å². The number of nitrogens with zero attached hydrogens (tertiary/aromatic N) is 1. The highest BCUT2D eigenvalue weighted by atomic mass is 19.1. The molecule has 0 saturated heterocycles. The number of hydrogen-bond donors (Lipinski definition) is 0. The lowest BCUT2D eigenvalue weighted by atomic mass is 10.0. The predicted molar refractivity (Wildman–Crippen MR) is 81.0 cm³/mol. The first kappa shape index (κ1) is 13.4. The van der Waals surface area contributed by atoms with E-state index in [1.165, 1.54) is 12.1 Å². The standard InChI is InChI=1S/C18H14FNO/c1-11-10-17(20-16-6-4-3-5-14(11)16)18(21)13-7-8-15(19)12(2)9-13/h3-10H,1-2H3. The molecule has 0 saturated carbocycles. The van der Waals surface area contributed by atoms with Crippen molar-refractivity contribution in [1.82, 2.24) is 4.98 Å². The summed E-state index contributed by atoms with van der Waals surface area (Å²) in [5.74, 6) is -0.499. The minimum atomic E-state index is -0.311. The smallest absolute Gasteiger partial charge is 0.211 e. The van der Waals surface area contributed by atoms with Crippen LogP contribution in [0.4, 0.5) is 4.39 Å². The van der Waals surface area contributed by atoms with Crippen molar-refractivity contribution < 1.29 is 9.18 Å². The molecule has 3 heteroatoms. The molecule has 2 nitrogen and oxygen atoms in total. The van der Waals surface area contributed by atoms with E-state index in [0.29, 0.717) is 16.8 Å². The number of aryl methyl sites for hydroxylation is 2. The Morgan fingerprint density at radius 2 is 1.76 bits per heavy atom. The first-order valence-electron chi connectivity index (χ1n) is 6.73. The second kappa shape index (κ2) is 5.09. The summed E-state index contributed by atoms with van der Waals surface area (Å²) < 4.78 is 13.3. The van der Waals surface area contributed by atoms with Crippen LogP contribution in [0.15, 0.2) is 48.5 Å². The van der Waals surface area contributed by atoms with Gasteiger partial charge in [0, 0.05) is 10.9 Å². The zero-order valence-corrected chi connectivity index (χ0v) is 11.9. The van der Waals surface area contributed by atoms with Crippen LogP contribution in [0.1, 0.15) is 27.2 Å². The van der Waals surface area contributed by atoms with Crippen LogP contribution < -0.4 is 0 Å². The zero-order valence-electron chi connectivity index (χ0n) is 11.9. The van der Waals surface area contributed by atoms with Gasteiger partial charge in [-0.3, -0.25) is 4.79 Å². The Bertz CT molecular complexity index is 855. The van der Waals surface area contributed by atoms with Crippen molar-refractivity contribution >= 4 is 16.7 Å². The molecule has 0 atom stereocenters. The van der Waals surface area contributed by atoms with Crippen molar-refractivity contribution in [3.63, 3.8) is 0 Å². The lowest BCUT2D eigenvalue weighted by Gasteiger charge is -2.07. The Morgan fingerprint density at radius 3 is 2.52 bits per heavy atom. The zero-order chi connectivity index (χ0) is 15.0. The second-order valence-corrected chi connectivity index (χ2v) is 5.13. The van der Waals surface area contributed by atoms with Gasteiger partial charge in [-0.1, -0.05) is 18.2 Å². The minimum absolute atomic E-state index is 0.188. The molecule has 1 heterocycles. The Morgan fingerprint density at radius 1 is 1.00 bits per heavy atom. The van der Waals surface area contributed by atoms with Crippen LogP contribution in [0.3, 0.4) is 0 Å². The molecule has 0 radical (unpaired) electrons. The molecule has 21 heavy (non-hydrogen) atoms. The summed E-state index contributed by atoms with van der Waals surface area (Å²) in [6.07, 6.45) is 0. The number of aromatic nitrogens is 1. The van der Waals surface area contributed by atoms with Crippen molar-refractivity contribution in [2.75, 3.05) is 0 Å². The van der Waals surface area contributed by atoms with E-state index in [1.807, 2.05) is 31.2 Å². The number of carbonyl (C=O) groups excluding carboxylic acids is 1. The predicted octanol–water partition coefficient (Wildman–Crippen LogP) is 4.22. The third-order valence-corrected chi connectivity index (χ3v) is 3.58. The van der Waals surface area contributed by atoms with Crippen LogP contribution in [0.2, 0.25) is 0 Å². The molecule has 0 N–H and O–H groups in total. The van der Waals surface area contributed by atoms with Crippen LogP contribution >= 0.6 is 0 Å². The number of ketones is 1. The molecule has 0 aliphatic carbocycles. The number of carbonyl (C=O) groups is 1. The quantitative estimate of drug-likeness (QED) is 0.657. The van der Waals surface area contributed by atoms with Crippen LogP contribution in [0.25, 0.3) is 10.9 Å². The van der Waals surface area contributed by atoms with Crippen LogP contribution in [0, 0.1) is 19.7 Å². The van der Waals surface area contributed by atoms with Crippen molar-refractivity contribution in [1.29, 1.82) is 0 Å². The highest BCUT2D eigenvalue weighted by Crippen LogP contribution is 2.20. The van der Waals surface area contributed by atoms with Crippen molar-refractivity contribution in [3.8, 4) is 0 Å². The van der Waals surface area contributed by atoms with Gasteiger partial charge in [-0.2, -0.15) is 0 Å². The fourth-order valence-electron chi connectivity index (χ4n) is 2.40. The van der Waals surface area contributed by atoms with Gasteiger partial charge in [-0.25, -0.2) is 9.37 Å². The van der Waals surface area contributed by atoms with Crippen molar-refractivity contribution in [3.05, 3.63) is 76.7 Å². The van der Waals surface area contributed by atoms with E-state index in [9.17, 15) is 9.18 Å². The summed E-state index contributed by atoms with van der Waals surface area (Å²) in [4.78, 5) is 16.9. The maximum atomic E-state index is 13.3. The monoisotopic (exact) mass is 279 g/mol. The first-order valence-corrected chi connectivity index (χ1v) is 6.73. The van der Waals surface area contributed by atoms with E-state index < -0.39 is 0 Å². The Hall–Kier alpha value is -2.55. The van der Waals surface area contributed by atoms with Gasteiger partial charge >= 0.3 is 0 Å². The summed E-state index contributed by atoms with van der Waals surface area (Å²) in [6.45, 7) is 3.60. The highest BCUT2D eigenvalue weighted by Gasteiger charge is 2.13. The summed E-state index contributed by atoms with van der Waals surface area (Å²) in [5.41, 5.74) is 3.09. The average Bonchev–Trinajstić information content (AvgIpc) is 2.49. The normalized spacial score (nSPS) is 10.8. The van der Waals surface area contributed by atoms with Gasteiger partial charge in [0.05, 0.1) is 5.52 Å². The summed E-state index contributed by atoms with van der Waals surface area (Å²) in [6, 6.07) is 13.9. The van der Waals surface area contributed by atoms with E-state index in [-0.39, 0.29) is 11.6 Å².